The molecule has 196 valence electrons. The molecule has 0 saturated heterocycles. The number of carbonyl (C=O) groups is 2. The highest BCUT2D eigenvalue weighted by atomic mass is 32.2. The van der Waals surface area contributed by atoms with Gasteiger partial charge in [-0.25, -0.2) is 4.31 Å². The van der Waals surface area contributed by atoms with Gasteiger partial charge in [0.2, 0.25) is 11.8 Å². The van der Waals surface area contributed by atoms with Crippen molar-refractivity contribution < 1.29 is 18.0 Å². The summed E-state index contributed by atoms with van der Waals surface area (Å²) in [6.45, 7) is 5.17. The van der Waals surface area contributed by atoms with Gasteiger partial charge in [0.1, 0.15) is 12.6 Å². The Morgan fingerprint density at radius 1 is 1.03 bits per heavy atom. The molecule has 1 aliphatic rings. The maximum absolute atomic E-state index is 13.8. The zero-order valence-electron chi connectivity index (χ0n) is 21.9. The largest absolute Gasteiger partial charge is 0.352 e. The second-order valence-corrected chi connectivity index (χ2v) is 11.8. The maximum Gasteiger partial charge on any atom is 0.304 e. The third-order valence-electron chi connectivity index (χ3n) is 6.72. The Labute approximate surface area is 215 Å². The van der Waals surface area contributed by atoms with Crippen LogP contribution in [0.1, 0.15) is 49.3 Å². The van der Waals surface area contributed by atoms with Gasteiger partial charge in [-0.3, -0.25) is 9.59 Å². The van der Waals surface area contributed by atoms with Gasteiger partial charge in [0.15, 0.2) is 0 Å². The van der Waals surface area contributed by atoms with Crippen LogP contribution in [0.2, 0.25) is 0 Å². The van der Waals surface area contributed by atoms with Crippen molar-refractivity contribution in [1.29, 1.82) is 0 Å². The third-order valence-corrected chi connectivity index (χ3v) is 8.52. The number of hydrogen-bond acceptors (Lipinski definition) is 4. The molecule has 0 aliphatic heterocycles. The van der Waals surface area contributed by atoms with Gasteiger partial charge in [-0.2, -0.15) is 12.7 Å². The first-order chi connectivity index (χ1) is 17.0. The molecule has 8 nitrogen and oxygen atoms in total. The number of amides is 2. The molecule has 0 radical (unpaired) electrons. The van der Waals surface area contributed by atoms with Gasteiger partial charge in [-0.05, 0) is 56.4 Å². The van der Waals surface area contributed by atoms with E-state index in [1.165, 1.54) is 19.0 Å². The summed E-state index contributed by atoms with van der Waals surface area (Å²) < 4.78 is 28.9. The molecule has 1 aliphatic carbocycles. The van der Waals surface area contributed by atoms with E-state index in [-0.39, 0.29) is 18.5 Å². The average Bonchev–Trinajstić information content (AvgIpc) is 3.35. The standard InChI is InChI=1S/C27H38N4O4S/c1-20-15-16-21(2)25(17-20)31(36(34,35)29(4)5)19-26(32)30(18-23-11-7-6-8-12-23)22(3)27(33)28-24-13-9-10-14-24/h6-8,11-12,15-17,22,24H,9-10,13-14,18-19H2,1-5H3,(H,28,33). The summed E-state index contributed by atoms with van der Waals surface area (Å²) in [5.74, 6) is -0.667. The van der Waals surface area contributed by atoms with Crippen LogP contribution in [0.5, 0.6) is 0 Å². The molecule has 2 aromatic carbocycles. The van der Waals surface area contributed by atoms with Crippen LogP contribution in [0.15, 0.2) is 48.5 Å². The predicted molar refractivity (Wildman–Crippen MR) is 143 cm³/mol. The van der Waals surface area contributed by atoms with Crippen LogP contribution in [0.25, 0.3) is 0 Å². The number of aryl methyl sites for hydroxylation is 2. The molecule has 1 fully saturated rings. The highest BCUT2D eigenvalue weighted by Crippen LogP contribution is 2.26. The van der Waals surface area contributed by atoms with Gasteiger partial charge >= 0.3 is 10.2 Å². The van der Waals surface area contributed by atoms with Gasteiger partial charge < -0.3 is 10.2 Å². The van der Waals surface area contributed by atoms with E-state index in [1.807, 2.05) is 56.3 Å². The Balaban J connectivity index is 1.94. The summed E-state index contributed by atoms with van der Waals surface area (Å²) in [4.78, 5) is 28.4. The third kappa shape index (κ3) is 6.64. The number of rotatable bonds is 10. The molecule has 0 heterocycles. The molecule has 9 heteroatoms. The van der Waals surface area contributed by atoms with E-state index in [9.17, 15) is 18.0 Å². The smallest absolute Gasteiger partial charge is 0.304 e. The lowest BCUT2D eigenvalue weighted by Crippen LogP contribution is -2.53. The molecule has 36 heavy (non-hydrogen) atoms. The lowest BCUT2D eigenvalue weighted by Gasteiger charge is -2.33. The van der Waals surface area contributed by atoms with Gasteiger partial charge in [0.05, 0.1) is 5.69 Å². The number of anilines is 1. The van der Waals surface area contributed by atoms with Crippen molar-refractivity contribution in [2.24, 2.45) is 0 Å². The summed E-state index contributed by atoms with van der Waals surface area (Å²) in [5, 5.41) is 3.08. The van der Waals surface area contributed by atoms with Crippen LogP contribution in [-0.2, 0) is 26.3 Å². The number of carbonyl (C=O) groups excluding carboxylic acids is 2. The fourth-order valence-electron chi connectivity index (χ4n) is 4.44. The molecule has 1 N–H and O–H groups in total. The lowest BCUT2D eigenvalue weighted by atomic mass is 10.1. The lowest BCUT2D eigenvalue weighted by molar-refractivity contribution is -0.139. The van der Waals surface area contributed by atoms with E-state index in [4.69, 9.17) is 0 Å². The first-order valence-corrected chi connectivity index (χ1v) is 13.8. The SMILES string of the molecule is Cc1ccc(C)c(N(CC(=O)N(Cc2ccccc2)C(C)C(=O)NC2CCCC2)S(=O)(=O)N(C)C)c1. The fraction of sp³-hybridized carbons (Fsp3) is 0.481. The summed E-state index contributed by atoms with van der Waals surface area (Å²) in [5.41, 5.74) is 2.92. The van der Waals surface area contributed by atoms with E-state index >= 15 is 0 Å². The summed E-state index contributed by atoms with van der Waals surface area (Å²) in [7, 11) is -1.10. The molecule has 3 rings (SSSR count). The van der Waals surface area contributed by atoms with Crippen LogP contribution < -0.4 is 9.62 Å². The molecule has 1 atom stereocenters. The zero-order valence-corrected chi connectivity index (χ0v) is 22.7. The van der Waals surface area contributed by atoms with E-state index < -0.39 is 28.7 Å². The average molecular weight is 515 g/mol. The van der Waals surface area contributed by atoms with Gasteiger partial charge in [0.25, 0.3) is 0 Å². The normalized spacial score (nSPS) is 15.1. The predicted octanol–water partition coefficient (Wildman–Crippen LogP) is 3.39. The second kappa shape index (κ2) is 11.9. The van der Waals surface area contributed by atoms with Crippen LogP contribution in [0.4, 0.5) is 5.69 Å². The first-order valence-electron chi connectivity index (χ1n) is 12.4. The molecule has 1 saturated carbocycles. The summed E-state index contributed by atoms with van der Waals surface area (Å²) >= 11 is 0. The molecule has 0 spiro atoms. The van der Waals surface area contributed by atoms with Crippen molar-refractivity contribution in [2.75, 3.05) is 24.9 Å². The monoisotopic (exact) mass is 514 g/mol. The van der Waals surface area contributed by atoms with Crippen molar-refractivity contribution in [3.63, 3.8) is 0 Å². The van der Waals surface area contributed by atoms with Crippen molar-refractivity contribution in [2.45, 2.75) is 65.1 Å². The summed E-state index contributed by atoms with van der Waals surface area (Å²) in [6, 6.07) is 14.3. The maximum atomic E-state index is 13.8. The minimum Gasteiger partial charge on any atom is -0.352 e. The fourth-order valence-corrected chi connectivity index (χ4v) is 5.56. The van der Waals surface area contributed by atoms with Crippen molar-refractivity contribution >= 4 is 27.7 Å². The number of nitrogens with zero attached hydrogens (tertiary/aromatic N) is 3. The van der Waals surface area contributed by atoms with E-state index in [0.29, 0.717) is 5.69 Å². The minimum atomic E-state index is -3.98. The van der Waals surface area contributed by atoms with Crippen molar-refractivity contribution in [1.82, 2.24) is 14.5 Å². The molecular weight excluding hydrogens is 476 g/mol. The molecule has 1 unspecified atom stereocenters. The van der Waals surface area contributed by atoms with E-state index in [0.717, 1.165) is 51.0 Å². The van der Waals surface area contributed by atoms with Gasteiger partial charge in [-0.1, -0.05) is 55.3 Å². The van der Waals surface area contributed by atoms with Crippen LogP contribution in [0, 0.1) is 13.8 Å². The van der Waals surface area contributed by atoms with Crippen LogP contribution >= 0.6 is 0 Å². The molecule has 2 aromatic rings. The molecular formula is C27H38N4O4S. The first kappa shape index (κ1) is 27.7. The Morgan fingerprint density at radius 3 is 2.28 bits per heavy atom. The highest BCUT2D eigenvalue weighted by Gasteiger charge is 2.34. The number of benzene rings is 2. The number of nitrogens with one attached hydrogen (secondary N) is 1. The van der Waals surface area contributed by atoms with Gasteiger partial charge in [-0.15, -0.1) is 0 Å². The topological polar surface area (TPSA) is 90.0 Å². The van der Waals surface area contributed by atoms with Crippen molar-refractivity contribution in [3.05, 3.63) is 65.2 Å². The Kier molecular flexibility index (Phi) is 9.13. The minimum absolute atomic E-state index is 0.120. The Bertz CT molecular complexity index is 1160. The van der Waals surface area contributed by atoms with Crippen LogP contribution in [0.3, 0.4) is 0 Å². The summed E-state index contributed by atoms with van der Waals surface area (Å²) in [6.07, 6.45) is 4.04. The van der Waals surface area contributed by atoms with E-state index in [1.54, 1.807) is 13.0 Å². The zero-order chi connectivity index (χ0) is 26.5. The van der Waals surface area contributed by atoms with Crippen LogP contribution in [-0.4, -0.2) is 62.2 Å². The highest BCUT2D eigenvalue weighted by molar-refractivity contribution is 7.90. The quantitative estimate of drug-likeness (QED) is 0.526. The van der Waals surface area contributed by atoms with Gasteiger partial charge in [0, 0.05) is 26.7 Å². The van der Waals surface area contributed by atoms with E-state index in [2.05, 4.69) is 5.32 Å². The molecule has 0 aromatic heterocycles. The Hall–Kier alpha value is -2.91. The van der Waals surface area contributed by atoms with Crippen molar-refractivity contribution in [3.8, 4) is 0 Å². The Morgan fingerprint density at radius 2 is 1.67 bits per heavy atom. The molecule has 0 bridgehead atoms. The number of hydrogen-bond donors (Lipinski definition) is 1. The molecule has 2 amide bonds. The second-order valence-electron chi connectivity index (χ2n) is 9.76.